The summed E-state index contributed by atoms with van der Waals surface area (Å²) in [5, 5.41) is 0. The Morgan fingerprint density at radius 2 is 2.00 bits per heavy atom. The van der Waals surface area contributed by atoms with Crippen LogP contribution in [0.5, 0.6) is 0 Å². The maximum atomic E-state index is 6.16. The summed E-state index contributed by atoms with van der Waals surface area (Å²) in [4.78, 5) is 0. The molecule has 0 heterocycles. The number of ether oxygens (including phenoxy) is 1. The summed E-state index contributed by atoms with van der Waals surface area (Å²) >= 11 is 0. The van der Waals surface area contributed by atoms with E-state index >= 15 is 0 Å². The molecular formula is C13H21NO. The molecule has 2 N–H and O–H groups in total. The first kappa shape index (κ1) is 12.2. The Labute approximate surface area is 92.4 Å². The van der Waals surface area contributed by atoms with E-state index < -0.39 is 0 Å². The zero-order valence-electron chi connectivity index (χ0n) is 10.1. The van der Waals surface area contributed by atoms with Gasteiger partial charge in [0.25, 0.3) is 0 Å². The number of hydrogen-bond donors (Lipinski definition) is 1. The van der Waals surface area contributed by atoms with Gasteiger partial charge in [0.15, 0.2) is 0 Å². The molecule has 0 radical (unpaired) electrons. The average Bonchev–Trinajstić information content (AvgIpc) is 2.21. The van der Waals surface area contributed by atoms with Crippen molar-refractivity contribution in [3.05, 3.63) is 34.9 Å². The number of methoxy groups -OCH3 is 1. The van der Waals surface area contributed by atoms with Crippen LogP contribution in [0.25, 0.3) is 0 Å². The molecule has 2 heteroatoms. The summed E-state index contributed by atoms with van der Waals surface area (Å²) in [5.74, 6) is 0. The SMILES string of the molecule is COC(C)CC(N)c1cc(C)ccc1C. The van der Waals surface area contributed by atoms with Gasteiger partial charge in [-0.3, -0.25) is 0 Å². The third kappa shape index (κ3) is 3.33. The number of hydrogen-bond acceptors (Lipinski definition) is 2. The monoisotopic (exact) mass is 207 g/mol. The Hall–Kier alpha value is -0.860. The van der Waals surface area contributed by atoms with E-state index in [1.165, 1.54) is 16.7 Å². The lowest BCUT2D eigenvalue weighted by atomic mass is 9.96. The Morgan fingerprint density at radius 3 is 2.60 bits per heavy atom. The van der Waals surface area contributed by atoms with Gasteiger partial charge in [-0.25, -0.2) is 0 Å². The topological polar surface area (TPSA) is 35.2 Å². The third-order valence-corrected chi connectivity index (χ3v) is 2.82. The summed E-state index contributed by atoms with van der Waals surface area (Å²) in [6.07, 6.45) is 1.07. The van der Waals surface area contributed by atoms with Crippen LogP contribution >= 0.6 is 0 Å². The minimum atomic E-state index is 0.0693. The third-order valence-electron chi connectivity index (χ3n) is 2.82. The molecule has 84 valence electrons. The largest absolute Gasteiger partial charge is 0.382 e. The molecule has 1 aromatic carbocycles. The van der Waals surface area contributed by atoms with Gasteiger partial charge >= 0.3 is 0 Å². The van der Waals surface area contributed by atoms with Crippen LogP contribution in [-0.4, -0.2) is 13.2 Å². The van der Waals surface area contributed by atoms with Crippen LogP contribution in [0.1, 0.15) is 36.1 Å². The van der Waals surface area contributed by atoms with Gasteiger partial charge in [-0.1, -0.05) is 23.8 Å². The normalized spacial score (nSPS) is 15.0. The average molecular weight is 207 g/mol. The van der Waals surface area contributed by atoms with Crippen molar-refractivity contribution in [2.45, 2.75) is 39.3 Å². The van der Waals surface area contributed by atoms with Crippen molar-refractivity contribution in [3.63, 3.8) is 0 Å². The zero-order chi connectivity index (χ0) is 11.4. The van der Waals surface area contributed by atoms with Gasteiger partial charge in [-0.05, 0) is 38.3 Å². The lowest BCUT2D eigenvalue weighted by Crippen LogP contribution is -2.19. The Balaban J connectivity index is 2.80. The smallest absolute Gasteiger partial charge is 0.0561 e. The van der Waals surface area contributed by atoms with Crippen molar-refractivity contribution in [1.29, 1.82) is 0 Å². The molecule has 0 bridgehead atoms. The van der Waals surface area contributed by atoms with Crippen LogP contribution in [0.4, 0.5) is 0 Å². The second-order valence-corrected chi connectivity index (χ2v) is 4.25. The van der Waals surface area contributed by atoms with E-state index in [1.807, 2.05) is 6.92 Å². The molecule has 0 amide bonds. The number of benzene rings is 1. The first-order chi connectivity index (χ1) is 7.04. The van der Waals surface area contributed by atoms with Crippen LogP contribution in [0.2, 0.25) is 0 Å². The van der Waals surface area contributed by atoms with Gasteiger partial charge < -0.3 is 10.5 Å². The summed E-state index contributed by atoms with van der Waals surface area (Å²) in [6, 6.07) is 6.48. The summed E-state index contributed by atoms with van der Waals surface area (Å²) in [5.41, 5.74) is 9.92. The highest BCUT2D eigenvalue weighted by atomic mass is 16.5. The molecule has 15 heavy (non-hydrogen) atoms. The highest BCUT2D eigenvalue weighted by molar-refractivity contribution is 5.32. The predicted molar refractivity (Wildman–Crippen MR) is 63.9 cm³/mol. The highest BCUT2D eigenvalue weighted by Gasteiger charge is 2.12. The van der Waals surface area contributed by atoms with Gasteiger partial charge in [0.1, 0.15) is 0 Å². The Kier molecular flexibility index (Phi) is 4.30. The Morgan fingerprint density at radius 1 is 1.33 bits per heavy atom. The minimum Gasteiger partial charge on any atom is -0.382 e. The maximum absolute atomic E-state index is 6.16. The van der Waals surface area contributed by atoms with Crippen molar-refractivity contribution < 1.29 is 4.74 Å². The van der Waals surface area contributed by atoms with Crippen molar-refractivity contribution in [3.8, 4) is 0 Å². The van der Waals surface area contributed by atoms with E-state index in [4.69, 9.17) is 10.5 Å². The molecule has 1 aromatic rings. The van der Waals surface area contributed by atoms with Crippen molar-refractivity contribution in [1.82, 2.24) is 0 Å². The molecule has 0 saturated heterocycles. The van der Waals surface area contributed by atoms with Gasteiger partial charge in [0.05, 0.1) is 6.10 Å². The summed E-state index contributed by atoms with van der Waals surface area (Å²) in [7, 11) is 1.72. The van der Waals surface area contributed by atoms with E-state index in [9.17, 15) is 0 Å². The quantitative estimate of drug-likeness (QED) is 0.824. The van der Waals surface area contributed by atoms with Gasteiger partial charge in [-0.2, -0.15) is 0 Å². The molecule has 2 atom stereocenters. The molecule has 1 rings (SSSR count). The van der Waals surface area contributed by atoms with Crippen LogP contribution < -0.4 is 5.73 Å². The molecule has 0 spiro atoms. The van der Waals surface area contributed by atoms with E-state index in [0.717, 1.165) is 6.42 Å². The first-order valence-corrected chi connectivity index (χ1v) is 5.40. The molecule has 0 saturated carbocycles. The second kappa shape index (κ2) is 5.29. The molecule has 0 aliphatic rings. The Bertz CT molecular complexity index is 322. The van der Waals surface area contributed by atoms with E-state index in [2.05, 4.69) is 32.0 Å². The standard InChI is InChI=1S/C13H21NO/c1-9-5-6-10(2)12(7-9)13(14)8-11(3)15-4/h5-7,11,13H,8,14H2,1-4H3. The predicted octanol–water partition coefficient (Wildman–Crippen LogP) is 2.73. The van der Waals surface area contributed by atoms with Crippen molar-refractivity contribution in [2.75, 3.05) is 7.11 Å². The number of aryl methyl sites for hydroxylation is 2. The molecular weight excluding hydrogens is 186 g/mol. The van der Waals surface area contributed by atoms with Gasteiger partial charge in [0.2, 0.25) is 0 Å². The molecule has 0 aromatic heterocycles. The number of nitrogens with two attached hydrogens (primary N) is 1. The van der Waals surface area contributed by atoms with E-state index in [1.54, 1.807) is 7.11 Å². The van der Waals surface area contributed by atoms with Gasteiger partial charge in [-0.15, -0.1) is 0 Å². The fourth-order valence-corrected chi connectivity index (χ4v) is 1.74. The van der Waals surface area contributed by atoms with Crippen molar-refractivity contribution >= 4 is 0 Å². The molecule has 2 nitrogen and oxygen atoms in total. The van der Waals surface area contributed by atoms with E-state index in [-0.39, 0.29) is 12.1 Å². The second-order valence-electron chi connectivity index (χ2n) is 4.25. The fourth-order valence-electron chi connectivity index (χ4n) is 1.74. The van der Waals surface area contributed by atoms with Crippen LogP contribution in [0.15, 0.2) is 18.2 Å². The molecule has 0 aliphatic carbocycles. The molecule has 0 aliphatic heterocycles. The number of rotatable bonds is 4. The molecule has 0 fully saturated rings. The summed E-state index contributed by atoms with van der Waals surface area (Å²) in [6.45, 7) is 6.24. The first-order valence-electron chi connectivity index (χ1n) is 5.40. The zero-order valence-corrected chi connectivity index (χ0v) is 10.1. The van der Waals surface area contributed by atoms with Gasteiger partial charge in [0, 0.05) is 13.2 Å². The summed E-state index contributed by atoms with van der Waals surface area (Å²) < 4.78 is 5.23. The van der Waals surface area contributed by atoms with E-state index in [0.29, 0.717) is 0 Å². The minimum absolute atomic E-state index is 0.0693. The van der Waals surface area contributed by atoms with Crippen LogP contribution in [0.3, 0.4) is 0 Å². The van der Waals surface area contributed by atoms with Crippen LogP contribution in [-0.2, 0) is 4.74 Å². The van der Waals surface area contributed by atoms with Crippen LogP contribution in [0, 0.1) is 13.8 Å². The highest BCUT2D eigenvalue weighted by Crippen LogP contribution is 2.21. The fraction of sp³-hybridized carbons (Fsp3) is 0.538. The lowest BCUT2D eigenvalue weighted by molar-refractivity contribution is 0.104. The maximum Gasteiger partial charge on any atom is 0.0561 e. The molecule has 2 unspecified atom stereocenters. The lowest BCUT2D eigenvalue weighted by Gasteiger charge is -2.18. The van der Waals surface area contributed by atoms with Crippen molar-refractivity contribution in [2.24, 2.45) is 5.73 Å².